The molecule has 1 N–H and O–H groups in total. The van der Waals surface area contributed by atoms with Crippen LogP contribution in [0.15, 0.2) is 24.3 Å². The zero-order valence-corrected chi connectivity index (χ0v) is 9.47. The number of rotatable bonds is 3. The smallest absolute Gasteiger partial charge is 0.253 e. The first-order valence-electron chi connectivity index (χ1n) is 4.27. The fourth-order valence-corrected chi connectivity index (χ4v) is 1.25. The fraction of sp³-hybridized carbons (Fsp3) is 0.200. The summed E-state index contributed by atoms with van der Waals surface area (Å²) in [5.74, 6) is -0.415. The number of carbonyl (C=O) groups excluding carboxylic acids is 2. The maximum atomic E-state index is 11.6. The second-order valence-electron chi connectivity index (χ2n) is 2.98. The molecule has 80 valence electrons. The predicted octanol–water partition coefficient (Wildman–Crippen LogP) is 2.22. The number of nitrogens with one attached hydrogen (secondary N) is 1. The van der Waals surface area contributed by atoms with E-state index in [9.17, 15) is 9.59 Å². The minimum Gasteiger partial charge on any atom is -0.341 e. The SMILES string of the molecule is CC(NC(=O)c1ccccc1Cl)C(=O)Cl. The second-order valence-corrected chi connectivity index (χ2v) is 3.76. The Kier molecular flexibility index (Phi) is 4.12. The predicted molar refractivity (Wildman–Crippen MR) is 59.2 cm³/mol. The molecule has 0 radical (unpaired) electrons. The van der Waals surface area contributed by atoms with Crippen LogP contribution in [0.1, 0.15) is 17.3 Å². The first-order valence-corrected chi connectivity index (χ1v) is 5.02. The lowest BCUT2D eigenvalue weighted by atomic mass is 10.2. The molecule has 0 spiro atoms. The van der Waals surface area contributed by atoms with Gasteiger partial charge in [-0.15, -0.1) is 0 Å². The molecule has 1 rings (SSSR count). The van der Waals surface area contributed by atoms with Crippen molar-refractivity contribution < 1.29 is 9.59 Å². The molecule has 3 nitrogen and oxygen atoms in total. The molecule has 15 heavy (non-hydrogen) atoms. The first kappa shape index (κ1) is 12.0. The summed E-state index contributed by atoms with van der Waals surface area (Å²) in [5, 5.41) is 2.15. The minimum absolute atomic E-state index is 0.323. The van der Waals surface area contributed by atoms with Crippen molar-refractivity contribution in [2.45, 2.75) is 13.0 Å². The van der Waals surface area contributed by atoms with Crippen molar-refractivity contribution in [2.75, 3.05) is 0 Å². The van der Waals surface area contributed by atoms with Gasteiger partial charge in [0.2, 0.25) is 5.24 Å². The number of halogens is 2. The Hall–Kier alpha value is -1.06. The van der Waals surface area contributed by atoms with Gasteiger partial charge in [0.1, 0.15) is 6.04 Å². The van der Waals surface area contributed by atoms with E-state index in [2.05, 4.69) is 5.32 Å². The largest absolute Gasteiger partial charge is 0.341 e. The lowest BCUT2D eigenvalue weighted by molar-refractivity contribution is -0.113. The Morgan fingerprint density at radius 1 is 1.33 bits per heavy atom. The van der Waals surface area contributed by atoms with Crippen molar-refractivity contribution >= 4 is 34.4 Å². The molecule has 1 aromatic carbocycles. The summed E-state index contributed by atoms with van der Waals surface area (Å²) in [6.07, 6.45) is 0. The molecule has 1 amide bonds. The van der Waals surface area contributed by atoms with Crippen LogP contribution in [-0.2, 0) is 4.79 Å². The molecule has 0 aliphatic carbocycles. The van der Waals surface area contributed by atoms with Crippen LogP contribution in [0.4, 0.5) is 0 Å². The zero-order valence-electron chi connectivity index (χ0n) is 7.96. The van der Waals surface area contributed by atoms with E-state index in [4.69, 9.17) is 23.2 Å². The normalized spacial score (nSPS) is 11.9. The standard InChI is InChI=1S/C10H9Cl2NO2/c1-6(9(12)14)13-10(15)7-4-2-3-5-8(7)11/h2-6H,1H3,(H,13,15). The number of benzene rings is 1. The van der Waals surface area contributed by atoms with Gasteiger partial charge >= 0.3 is 0 Å². The third kappa shape index (κ3) is 3.22. The molecular weight excluding hydrogens is 237 g/mol. The summed E-state index contributed by atoms with van der Waals surface area (Å²) in [5.41, 5.74) is 0.323. The lowest BCUT2D eigenvalue weighted by Crippen LogP contribution is -2.36. The van der Waals surface area contributed by atoms with Crippen LogP contribution >= 0.6 is 23.2 Å². The Morgan fingerprint density at radius 3 is 2.47 bits per heavy atom. The number of amides is 1. The molecular formula is C10H9Cl2NO2. The van der Waals surface area contributed by atoms with E-state index in [-0.39, 0.29) is 0 Å². The van der Waals surface area contributed by atoms with Crippen LogP contribution < -0.4 is 5.32 Å². The highest BCUT2D eigenvalue weighted by Gasteiger charge is 2.15. The van der Waals surface area contributed by atoms with Gasteiger partial charge in [-0.2, -0.15) is 0 Å². The van der Waals surface area contributed by atoms with Crippen molar-refractivity contribution in [3.05, 3.63) is 34.9 Å². The molecule has 0 aliphatic rings. The summed E-state index contributed by atoms with van der Waals surface area (Å²) in [4.78, 5) is 22.3. The van der Waals surface area contributed by atoms with Crippen LogP contribution in [0.3, 0.4) is 0 Å². The summed E-state index contributed by atoms with van der Waals surface area (Å²) in [6, 6.07) is 5.85. The highest BCUT2D eigenvalue weighted by Crippen LogP contribution is 2.14. The van der Waals surface area contributed by atoms with Crippen LogP contribution in [0.25, 0.3) is 0 Å². The van der Waals surface area contributed by atoms with E-state index in [1.807, 2.05) is 0 Å². The van der Waals surface area contributed by atoms with Crippen molar-refractivity contribution in [1.82, 2.24) is 5.32 Å². The molecule has 1 unspecified atom stereocenters. The fourth-order valence-electron chi connectivity index (χ4n) is 0.976. The zero-order chi connectivity index (χ0) is 11.4. The van der Waals surface area contributed by atoms with E-state index in [1.165, 1.54) is 6.92 Å². The molecule has 0 saturated heterocycles. The Labute approximate surface area is 97.4 Å². The number of hydrogen-bond acceptors (Lipinski definition) is 2. The van der Waals surface area contributed by atoms with Crippen LogP contribution in [0, 0.1) is 0 Å². The maximum absolute atomic E-state index is 11.6. The molecule has 0 aliphatic heterocycles. The Balaban J connectivity index is 2.78. The third-order valence-electron chi connectivity index (χ3n) is 1.81. The summed E-state index contributed by atoms with van der Waals surface area (Å²) >= 11 is 11.0. The highest BCUT2D eigenvalue weighted by atomic mass is 35.5. The molecule has 0 aromatic heterocycles. The van der Waals surface area contributed by atoms with E-state index in [0.717, 1.165) is 0 Å². The van der Waals surface area contributed by atoms with Gasteiger partial charge in [-0.1, -0.05) is 23.7 Å². The molecule has 1 atom stereocenters. The van der Waals surface area contributed by atoms with Gasteiger partial charge in [0.05, 0.1) is 10.6 Å². The number of hydrogen-bond donors (Lipinski definition) is 1. The van der Waals surface area contributed by atoms with Gasteiger partial charge in [0.15, 0.2) is 0 Å². The Morgan fingerprint density at radius 2 is 1.93 bits per heavy atom. The van der Waals surface area contributed by atoms with Crippen LogP contribution in [0.2, 0.25) is 5.02 Å². The van der Waals surface area contributed by atoms with Crippen molar-refractivity contribution in [3.63, 3.8) is 0 Å². The van der Waals surface area contributed by atoms with Crippen molar-refractivity contribution in [1.29, 1.82) is 0 Å². The summed E-state index contributed by atoms with van der Waals surface area (Å²) < 4.78 is 0. The average Bonchev–Trinajstić information content (AvgIpc) is 2.18. The molecule has 1 aromatic rings. The molecule has 0 bridgehead atoms. The van der Waals surface area contributed by atoms with E-state index < -0.39 is 17.2 Å². The number of carbonyl (C=O) groups is 2. The van der Waals surface area contributed by atoms with Crippen LogP contribution in [0.5, 0.6) is 0 Å². The second kappa shape index (κ2) is 5.14. The minimum atomic E-state index is -0.726. The van der Waals surface area contributed by atoms with E-state index in [1.54, 1.807) is 24.3 Å². The van der Waals surface area contributed by atoms with Crippen molar-refractivity contribution in [2.24, 2.45) is 0 Å². The van der Waals surface area contributed by atoms with E-state index >= 15 is 0 Å². The Bertz CT molecular complexity index is 393. The molecule has 0 fully saturated rings. The van der Waals surface area contributed by atoms with Gasteiger partial charge in [0.25, 0.3) is 5.91 Å². The molecule has 0 heterocycles. The van der Waals surface area contributed by atoms with Gasteiger partial charge in [0, 0.05) is 0 Å². The van der Waals surface area contributed by atoms with Gasteiger partial charge in [-0.3, -0.25) is 9.59 Å². The van der Waals surface area contributed by atoms with Crippen molar-refractivity contribution in [3.8, 4) is 0 Å². The van der Waals surface area contributed by atoms with E-state index in [0.29, 0.717) is 10.6 Å². The van der Waals surface area contributed by atoms with Gasteiger partial charge in [-0.05, 0) is 30.7 Å². The topological polar surface area (TPSA) is 46.2 Å². The first-order chi connectivity index (χ1) is 7.02. The molecule has 5 heteroatoms. The quantitative estimate of drug-likeness (QED) is 0.831. The van der Waals surface area contributed by atoms with Gasteiger partial charge < -0.3 is 5.32 Å². The summed E-state index contributed by atoms with van der Waals surface area (Å²) in [7, 11) is 0. The lowest BCUT2D eigenvalue weighted by Gasteiger charge is -2.09. The monoisotopic (exact) mass is 245 g/mol. The van der Waals surface area contributed by atoms with Crippen LogP contribution in [-0.4, -0.2) is 17.2 Å². The highest BCUT2D eigenvalue weighted by molar-refractivity contribution is 6.64. The average molecular weight is 246 g/mol. The molecule has 0 saturated carbocycles. The maximum Gasteiger partial charge on any atom is 0.253 e. The third-order valence-corrected chi connectivity index (χ3v) is 2.46. The summed E-state index contributed by atoms with van der Waals surface area (Å²) in [6.45, 7) is 1.50. The van der Waals surface area contributed by atoms with Gasteiger partial charge in [-0.25, -0.2) is 0 Å².